The molecule has 0 aromatic heterocycles. The summed E-state index contributed by atoms with van der Waals surface area (Å²) in [4.78, 5) is 32.5. The Kier molecular flexibility index (Phi) is 4.79. The zero-order valence-electron chi connectivity index (χ0n) is 13.5. The molecule has 0 saturated carbocycles. The zero-order valence-corrected chi connectivity index (χ0v) is 13.5. The summed E-state index contributed by atoms with van der Waals surface area (Å²) >= 11 is 0. The minimum atomic E-state index is -0.370. The molecular formula is C19H19N3O2. The lowest BCUT2D eigenvalue weighted by molar-refractivity contribution is -0.122. The van der Waals surface area contributed by atoms with Crippen LogP contribution in [0.1, 0.15) is 31.4 Å². The first-order chi connectivity index (χ1) is 11.6. The smallest absolute Gasteiger partial charge is 0.260 e. The summed E-state index contributed by atoms with van der Waals surface area (Å²) in [5.41, 5.74) is 1.75. The first-order valence-electron chi connectivity index (χ1n) is 8.02. The third-order valence-corrected chi connectivity index (χ3v) is 4.02. The molecule has 24 heavy (non-hydrogen) atoms. The molecule has 1 heterocycles. The Morgan fingerprint density at radius 3 is 2.79 bits per heavy atom. The SMILES string of the molecule is C[C@H](NC(=O)CCC1=NC(=O)C2C=CC=CC2=N1)c1ccccc1. The van der Waals surface area contributed by atoms with Crippen LogP contribution in [0.15, 0.2) is 64.6 Å². The molecule has 1 aromatic carbocycles. The fraction of sp³-hybridized carbons (Fsp3) is 0.263. The maximum atomic E-state index is 12.1. The number of aliphatic imine (C=N–C) groups is 2. The van der Waals surface area contributed by atoms with Gasteiger partial charge in [0.1, 0.15) is 11.8 Å². The molecule has 5 heteroatoms. The molecular weight excluding hydrogens is 302 g/mol. The largest absolute Gasteiger partial charge is 0.350 e. The highest BCUT2D eigenvalue weighted by Gasteiger charge is 2.26. The number of rotatable bonds is 5. The molecule has 1 unspecified atom stereocenters. The van der Waals surface area contributed by atoms with Crippen molar-refractivity contribution >= 4 is 23.4 Å². The van der Waals surface area contributed by atoms with Gasteiger partial charge >= 0.3 is 0 Å². The lowest BCUT2D eigenvalue weighted by Crippen LogP contribution is -2.29. The average Bonchev–Trinajstić information content (AvgIpc) is 2.61. The normalized spacial score (nSPS) is 20.0. The van der Waals surface area contributed by atoms with Gasteiger partial charge in [-0.3, -0.25) is 9.59 Å². The van der Waals surface area contributed by atoms with Crippen LogP contribution in [0.4, 0.5) is 0 Å². The van der Waals surface area contributed by atoms with E-state index in [1.807, 2.05) is 55.5 Å². The van der Waals surface area contributed by atoms with E-state index in [4.69, 9.17) is 0 Å². The van der Waals surface area contributed by atoms with Crippen LogP contribution in [-0.4, -0.2) is 23.4 Å². The van der Waals surface area contributed by atoms with Gasteiger partial charge in [0.15, 0.2) is 0 Å². The standard InChI is InChI=1S/C19H19N3O2/c1-13(14-7-3-2-4-8-14)20-18(23)12-11-17-21-16-10-6-5-9-15(16)19(24)22-17/h2-10,13,15H,11-12H2,1H3,(H,20,23)/t13-,15?/m0/s1. The van der Waals surface area contributed by atoms with Crippen LogP contribution in [0.5, 0.6) is 0 Å². The van der Waals surface area contributed by atoms with Crippen molar-refractivity contribution in [1.29, 1.82) is 0 Å². The molecule has 5 nitrogen and oxygen atoms in total. The van der Waals surface area contributed by atoms with E-state index in [1.165, 1.54) is 0 Å². The number of carbonyl (C=O) groups excluding carboxylic acids is 2. The Labute approximate surface area is 140 Å². The molecule has 1 aliphatic carbocycles. The maximum absolute atomic E-state index is 12.1. The highest BCUT2D eigenvalue weighted by molar-refractivity contribution is 6.21. The van der Waals surface area contributed by atoms with E-state index in [0.29, 0.717) is 18.0 Å². The van der Waals surface area contributed by atoms with Crippen LogP contribution in [0.3, 0.4) is 0 Å². The second-order valence-electron chi connectivity index (χ2n) is 5.82. The minimum Gasteiger partial charge on any atom is -0.350 e. The Bertz CT molecular complexity index is 760. The third-order valence-electron chi connectivity index (χ3n) is 4.02. The van der Waals surface area contributed by atoms with Crippen LogP contribution < -0.4 is 5.32 Å². The van der Waals surface area contributed by atoms with Gasteiger partial charge in [0.25, 0.3) is 5.91 Å². The summed E-state index contributed by atoms with van der Waals surface area (Å²) < 4.78 is 0. The molecule has 0 fully saturated rings. The lowest BCUT2D eigenvalue weighted by atomic mass is 9.96. The highest BCUT2D eigenvalue weighted by atomic mass is 16.2. The molecule has 0 radical (unpaired) electrons. The molecule has 0 bridgehead atoms. The van der Waals surface area contributed by atoms with Gasteiger partial charge in [0, 0.05) is 12.8 Å². The molecule has 3 rings (SSSR count). The average molecular weight is 321 g/mol. The fourth-order valence-corrected chi connectivity index (χ4v) is 2.69. The zero-order chi connectivity index (χ0) is 16.9. The monoisotopic (exact) mass is 321 g/mol. The van der Waals surface area contributed by atoms with Gasteiger partial charge in [0.05, 0.1) is 11.8 Å². The molecule has 2 atom stereocenters. The van der Waals surface area contributed by atoms with Crippen LogP contribution in [-0.2, 0) is 9.59 Å². The van der Waals surface area contributed by atoms with Crippen molar-refractivity contribution < 1.29 is 9.59 Å². The predicted octanol–water partition coefficient (Wildman–Crippen LogP) is 2.77. The van der Waals surface area contributed by atoms with E-state index in [-0.39, 0.29) is 30.2 Å². The minimum absolute atomic E-state index is 0.0595. The van der Waals surface area contributed by atoms with Crippen molar-refractivity contribution in [3.8, 4) is 0 Å². The lowest BCUT2D eigenvalue weighted by Gasteiger charge is -2.18. The van der Waals surface area contributed by atoms with Gasteiger partial charge in [0.2, 0.25) is 5.91 Å². The number of amidine groups is 1. The Morgan fingerprint density at radius 2 is 2.00 bits per heavy atom. The van der Waals surface area contributed by atoms with E-state index in [9.17, 15) is 9.59 Å². The number of carbonyl (C=O) groups is 2. The highest BCUT2D eigenvalue weighted by Crippen LogP contribution is 2.18. The number of fused-ring (bicyclic) bond motifs is 1. The topological polar surface area (TPSA) is 70.9 Å². The molecule has 1 aliphatic heterocycles. The van der Waals surface area contributed by atoms with Gasteiger partial charge in [-0.15, -0.1) is 0 Å². The second kappa shape index (κ2) is 7.17. The first kappa shape index (κ1) is 16.1. The van der Waals surface area contributed by atoms with Crippen molar-refractivity contribution in [2.24, 2.45) is 15.9 Å². The predicted molar refractivity (Wildman–Crippen MR) is 93.9 cm³/mol. The molecule has 2 aliphatic rings. The summed E-state index contributed by atoms with van der Waals surface area (Å²) in [5, 5.41) is 2.95. The van der Waals surface area contributed by atoms with Crippen molar-refractivity contribution in [2.45, 2.75) is 25.8 Å². The number of hydrogen-bond donors (Lipinski definition) is 1. The molecule has 1 N–H and O–H groups in total. The van der Waals surface area contributed by atoms with Gasteiger partial charge < -0.3 is 5.32 Å². The maximum Gasteiger partial charge on any atom is 0.260 e. The van der Waals surface area contributed by atoms with Gasteiger partial charge in [-0.05, 0) is 18.6 Å². The number of amides is 2. The number of nitrogens with one attached hydrogen (secondary N) is 1. The number of benzene rings is 1. The second-order valence-corrected chi connectivity index (χ2v) is 5.82. The summed E-state index contributed by atoms with van der Waals surface area (Å²) in [6.07, 6.45) is 7.88. The Morgan fingerprint density at radius 1 is 1.21 bits per heavy atom. The van der Waals surface area contributed by atoms with Gasteiger partial charge in [-0.25, -0.2) is 4.99 Å². The number of nitrogens with zero attached hydrogens (tertiary/aromatic N) is 2. The third kappa shape index (κ3) is 3.74. The Balaban J connectivity index is 1.55. The molecule has 1 aromatic rings. The van der Waals surface area contributed by atoms with E-state index in [1.54, 1.807) is 6.08 Å². The summed E-state index contributed by atoms with van der Waals surface area (Å²) in [6.45, 7) is 1.94. The van der Waals surface area contributed by atoms with Crippen LogP contribution >= 0.6 is 0 Å². The quantitative estimate of drug-likeness (QED) is 0.906. The Hall–Kier alpha value is -2.82. The van der Waals surface area contributed by atoms with Crippen LogP contribution in [0.25, 0.3) is 0 Å². The van der Waals surface area contributed by atoms with Crippen molar-refractivity contribution in [3.63, 3.8) is 0 Å². The van der Waals surface area contributed by atoms with Gasteiger partial charge in [-0.2, -0.15) is 4.99 Å². The van der Waals surface area contributed by atoms with E-state index in [2.05, 4.69) is 15.3 Å². The number of allylic oxidation sites excluding steroid dienone is 3. The molecule has 0 spiro atoms. The van der Waals surface area contributed by atoms with Crippen LogP contribution in [0, 0.1) is 5.92 Å². The summed E-state index contributed by atoms with van der Waals surface area (Å²) in [5.74, 6) is -0.240. The molecule has 0 saturated heterocycles. The molecule has 2 amide bonds. The van der Waals surface area contributed by atoms with Gasteiger partial charge in [-0.1, -0.05) is 48.6 Å². The fourth-order valence-electron chi connectivity index (χ4n) is 2.69. The van der Waals surface area contributed by atoms with E-state index < -0.39 is 0 Å². The molecule has 122 valence electrons. The summed E-state index contributed by atoms with van der Waals surface area (Å²) in [7, 11) is 0. The first-order valence-corrected chi connectivity index (χ1v) is 8.02. The van der Waals surface area contributed by atoms with Crippen molar-refractivity contribution in [3.05, 3.63) is 60.2 Å². The van der Waals surface area contributed by atoms with E-state index >= 15 is 0 Å². The summed E-state index contributed by atoms with van der Waals surface area (Å²) in [6, 6.07) is 9.72. The van der Waals surface area contributed by atoms with Crippen molar-refractivity contribution in [1.82, 2.24) is 5.32 Å². The van der Waals surface area contributed by atoms with E-state index in [0.717, 1.165) is 5.56 Å². The van der Waals surface area contributed by atoms with Crippen molar-refractivity contribution in [2.75, 3.05) is 0 Å². The van der Waals surface area contributed by atoms with Crippen LogP contribution in [0.2, 0.25) is 0 Å². The number of hydrogen-bond acceptors (Lipinski definition) is 3.